The molecule has 0 N–H and O–H groups in total. The van der Waals surface area contributed by atoms with Crippen LogP contribution >= 0.6 is 0 Å². The van der Waals surface area contributed by atoms with Crippen LogP contribution in [0.5, 0.6) is 0 Å². The fourth-order valence-corrected chi connectivity index (χ4v) is 4.26. The number of likely N-dealkylation sites (tertiary alicyclic amines) is 1. The van der Waals surface area contributed by atoms with Crippen LogP contribution in [0.2, 0.25) is 0 Å². The molecule has 1 aliphatic heterocycles. The lowest BCUT2D eigenvalue weighted by Gasteiger charge is -2.28. The fourth-order valence-electron chi connectivity index (χ4n) is 4.26. The van der Waals surface area contributed by atoms with E-state index >= 15 is 0 Å². The van der Waals surface area contributed by atoms with Crippen LogP contribution < -0.4 is 0 Å². The number of aromatic nitrogens is 1. The summed E-state index contributed by atoms with van der Waals surface area (Å²) in [4.78, 5) is 18.5. The number of amides is 1. The summed E-state index contributed by atoms with van der Waals surface area (Å²) in [5.41, 5.74) is 1.39. The second kappa shape index (κ2) is 5.65. The largest absolute Gasteiger partial charge is 0.376 e. The van der Waals surface area contributed by atoms with Crippen molar-refractivity contribution in [1.82, 2.24) is 9.88 Å². The molecule has 4 rings (SSSR count). The zero-order valence-electron chi connectivity index (χ0n) is 13.0. The maximum atomic E-state index is 12.4. The van der Waals surface area contributed by atoms with Crippen molar-refractivity contribution in [3.8, 4) is 0 Å². The van der Waals surface area contributed by atoms with E-state index < -0.39 is 0 Å². The summed E-state index contributed by atoms with van der Waals surface area (Å²) in [7, 11) is 0. The first-order valence-electron chi connectivity index (χ1n) is 8.52. The molecule has 1 saturated heterocycles. The van der Waals surface area contributed by atoms with E-state index in [0.29, 0.717) is 24.3 Å². The van der Waals surface area contributed by atoms with Crippen molar-refractivity contribution >= 4 is 5.91 Å². The summed E-state index contributed by atoms with van der Waals surface area (Å²) in [6.45, 7) is 3.32. The molecule has 3 fully saturated rings. The number of hydrogen-bond donors (Lipinski definition) is 0. The Bertz CT molecular complexity index is 543. The molecule has 22 heavy (non-hydrogen) atoms. The van der Waals surface area contributed by atoms with E-state index in [1.165, 1.54) is 24.8 Å². The maximum absolute atomic E-state index is 12.4. The predicted octanol–water partition coefficient (Wildman–Crippen LogP) is 2.64. The van der Waals surface area contributed by atoms with Crippen LogP contribution in [0.3, 0.4) is 0 Å². The van der Waals surface area contributed by atoms with Crippen LogP contribution in [0.1, 0.15) is 37.7 Å². The first-order valence-corrected chi connectivity index (χ1v) is 8.52. The Morgan fingerprint density at radius 1 is 1.32 bits per heavy atom. The Morgan fingerprint density at radius 2 is 2.14 bits per heavy atom. The highest BCUT2D eigenvalue weighted by Gasteiger charge is 2.52. The van der Waals surface area contributed by atoms with Crippen molar-refractivity contribution in [1.29, 1.82) is 0 Å². The summed E-state index contributed by atoms with van der Waals surface area (Å²) < 4.78 is 6.05. The lowest BCUT2D eigenvalue weighted by Crippen LogP contribution is -2.35. The highest BCUT2D eigenvalue weighted by Crippen LogP contribution is 2.50. The second-order valence-electron chi connectivity index (χ2n) is 7.29. The molecule has 0 unspecified atom stereocenters. The minimum Gasteiger partial charge on any atom is -0.376 e. The van der Waals surface area contributed by atoms with Gasteiger partial charge in [0.25, 0.3) is 0 Å². The third-order valence-electron chi connectivity index (χ3n) is 5.69. The SMILES string of the molecule is O=C(C1CC1)N1C[C@H]2CCC[C@@]2(COCc2ccncc2)C1. The topological polar surface area (TPSA) is 42.4 Å². The number of rotatable bonds is 5. The Kier molecular flexibility index (Phi) is 3.65. The fraction of sp³-hybridized carbons (Fsp3) is 0.667. The minimum atomic E-state index is 0.220. The van der Waals surface area contributed by atoms with E-state index in [0.717, 1.165) is 32.5 Å². The van der Waals surface area contributed by atoms with Crippen LogP contribution in [0, 0.1) is 17.3 Å². The van der Waals surface area contributed by atoms with Gasteiger partial charge in [0.2, 0.25) is 5.91 Å². The summed E-state index contributed by atoms with van der Waals surface area (Å²) >= 11 is 0. The van der Waals surface area contributed by atoms with Crippen molar-refractivity contribution in [2.45, 2.75) is 38.7 Å². The number of carbonyl (C=O) groups excluding carboxylic acids is 1. The molecule has 4 heteroatoms. The van der Waals surface area contributed by atoms with Crippen molar-refractivity contribution in [3.05, 3.63) is 30.1 Å². The molecule has 2 atom stereocenters. The molecule has 0 aromatic carbocycles. The van der Waals surface area contributed by atoms with Gasteiger partial charge in [-0.1, -0.05) is 6.42 Å². The first-order chi connectivity index (χ1) is 10.8. The van der Waals surface area contributed by atoms with Gasteiger partial charge in [0.15, 0.2) is 0 Å². The molecule has 2 heterocycles. The molecule has 1 aromatic heterocycles. The molecule has 118 valence electrons. The molecule has 4 nitrogen and oxygen atoms in total. The van der Waals surface area contributed by atoms with Crippen molar-refractivity contribution in [3.63, 3.8) is 0 Å². The van der Waals surface area contributed by atoms with Gasteiger partial charge in [-0.15, -0.1) is 0 Å². The highest BCUT2D eigenvalue weighted by molar-refractivity contribution is 5.81. The van der Waals surface area contributed by atoms with Gasteiger partial charge in [-0.05, 0) is 49.3 Å². The normalized spacial score (nSPS) is 30.5. The zero-order valence-corrected chi connectivity index (χ0v) is 13.0. The summed E-state index contributed by atoms with van der Waals surface area (Å²) in [5, 5.41) is 0. The molecule has 3 aliphatic rings. The van der Waals surface area contributed by atoms with E-state index in [-0.39, 0.29) is 5.41 Å². The Morgan fingerprint density at radius 3 is 2.91 bits per heavy atom. The number of ether oxygens (including phenoxy) is 1. The molecule has 0 radical (unpaired) electrons. The zero-order chi connectivity index (χ0) is 15.0. The highest BCUT2D eigenvalue weighted by atomic mass is 16.5. The monoisotopic (exact) mass is 300 g/mol. The van der Waals surface area contributed by atoms with Crippen molar-refractivity contribution < 1.29 is 9.53 Å². The number of carbonyl (C=O) groups is 1. The Hall–Kier alpha value is -1.42. The predicted molar refractivity (Wildman–Crippen MR) is 83.0 cm³/mol. The van der Waals surface area contributed by atoms with E-state index in [1.54, 1.807) is 12.4 Å². The van der Waals surface area contributed by atoms with Gasteiger partial charge >= 0.3 is 0 Å². The third kappa shape index (κ3) is 2.65. The Labute approximate surface area is 131 Å². The minimum absolute atomic E-state index is 0.220. The molecule has 1 aromatic rings. The molecule has 0 spiro atoms. The lowest BCUT2D eigenvalue weighted by molar-refractivity contribution is -0.132. The van der Waals surface area contributed by atoms with Crippen LogP contribution in [0.15, 0.2) is 24.5 Å². The second-order valence-corrected chi connectivity index (χ2v) is 7.29. The maximum Gasteiger partial charge on any atom is 0.225 e. The van der Waals surface area contributed by atoms with E-state index in [4.69, 9.17) is 4.74 Å². The molecule has 2 aliphatic carbocycles. The standard InChI is InChI=1S/C18H24N2O2/c21-17(15-3-4-15)20-10-16-2-1-7-18(16,12-20)13-22-11-14-5-8-19-9-6-14/h5-6,8-9,15-16H,1-4,7,10-13H2/t16-,18+/m1/s1. The van der Waals surface area contributed by atoms with Gasteiger partial charge in [-0.2, -0.15) is 0 Å². The van der Waals surface area contributed by atoms with Gasteiger partial charge in [0.05, 0.1) is 13.2 Å². The van der Waals surface area contributed by atoms with Crippen LogP contribution in [-0.4, -0.2) is 35.5 Å². The third-order valence-corrected chi connectivity index (χ3v) is 5.69. The van der Waals surface area contributed by atoms with Crippen LogP contribution in [-0.2, 0) is 16.1 Å². The van der Waals surface area contributed by atoms with E-state index in [1.807, 2.05) is 12.1 Å². The number of fused-ring (bicyclic) bond motifs is 1. The van der Waals surface area contributed by atoms with E-state index in [9.17, 15) is 4.79 Å². The summed E-state index contributed by atoms with van der Waals surface area (Å²) in [5.74, 6) is 1.39. The average Bonchev–Trinajstić information content (AvgIpc) is 3.22. The molecular formula is C18H24N2O2. The van der Waals surface area contributed by atoms with Gasteiger partial charge in [-0.25, -0.2) is 0 Å². The molecular weight excluding hydrogens is 276 g/mol. The van der Waals surface area contributed by atoms with Gasteiger partial charge < -0.3 is 9.64 Å². The van der Waals surface area contributed by atoms with Gasteiger partial charge in [0.1, 0.15) is 0 Å². The van der Waals surface area contributed by atoms with Gasteiger partial charge in [-0.3, -0.25) is 9.78 Å². The number of nitrogens with zero attached hydrogens (tertiary/aromatic N) is 2. The average molecular weight is 300 g/mol. The number of pyridine rings is 1. The van der Waals surface area contributed by atoms with Crippen LogP contribution in [0.4, 0.5) is 0 Å². The first kappa shape index (κ1) is 14.2. The van der Waals surface area contributed by atoms with Crippen molar-refractivity contribution in [2.75, 3.05) is 19.7 Å². The number of hydrogen-bond acceptors (Lipinski definition) is 3. The Balaban J connectivity index is 1.37. The summed E-state index contributed by atoms with van der Waals surface area (Å²) in [6, 6.07) is 4.00. The van der Waals surface area contributed by atoms with E-state index in [2.05, 4.69) is 9.88 Å². The summed E-state index contributed by atoms with van der Waals surface area (Å²) in [6.07, 6.45) is 9.57. The molecule has 1 amide bonds. The van der Waals surface area contributed by atoms with Crippen molar-refractivity contribution in [2.24, 2.45) is 17.3 Å². The molecule has 2 saturated carbocycles. The van der Waals surface area contributed by atoms with Gasteiger partial charge in [0, 0.05) is 36.8 Å². The van der Waals surface area contributed by atoms with Crippen LogP contribution in [0.25, 0.3) is 0 Å². The quantitative estimate of drug-likeness (QED) is 0.839. The lowest BCUT2D eigenvalue weighted by atomic mass is 9.81. The molecule has 0 bridgehead atoms. The smallest absolute Gasteiger partial charge is 0.225 e.